The van der Waals surface area contributed by atoms with Crippen LogP contribution in [0.15, 0.2) is 30.3 Å². The second kappa shape index (κ2) is 10.3. The molecule has 0 saturated heterocycles. The van der Waals surface area contributed by atoms with Crippen molar-refractivity contribution in [3.05, 3.63) is 35.9 Å². The van der Waals surface area contributed by atoms with Crippen LogP contribution in [0.3, 0.4) is 0 Å². The van der Waals surface area contributed by atoms with Gasteiger partial charge in [0.1, 0.15) is 12.6 Å². The van der Waals surface area contributed by atoms with Crippen LogP contribution in [-0.4, -0.2) is 31.1 Å². The molecule has 3 N–H and O–H groups in total. The Labute approximate surface area is 156 Å². The zero-order valence-corrected chi connectivity index (χ0v) is 15.9. The minimum absolute atomic E-state index is 0.00872. The fourth-order valence-electron chi connectivity index (χ4n) is 3.64. The van der Waals surface area contributed by atoms with Crippen molar-refractivity contribution < 1.29 is 14.3 Å². The van der Waals surface area contributed by atoms with Crippen LogP contribution in [0.5, 0.6) is 0 Å². The lowest BCUT2D eigenvalue weighted by molar-refractivity contribution is -0.148. The number of esters is 1. The standard InChI is InChI=1S/C21H32N2O3/c1-15(2)17-8-10-18(11-9-17)20(24)23-19(21(25)26-13-12-22)14-16-6-4-3-5-7-16/h3-7,15,17-19H,8-14,22H2,1-2H3,(H,23,24)/t17?,18?,19-/m1/s1. The summed E-state index contributed by atoms with van der Waals surface area (Å²) in [7, 11) is 0. The summed E-state index contributed by atoms with van der Waals surface area (Å²) in [6.45, 7) is 4.93. The summed E-state index contributed by atoms with van der Waals surface area (Å²) in [4.78, 5) is 25.1. The number of ether oxygens (including phenoxy) is 1. The maximum absolute atomic E-state index is 12.7. The third kappa shape index (κ3) is 6.13. The van der Waals surface area contributed by atoms with E-state index < -0.39 is 12.0 Å². The van der Waals surface area contributed by atoms with Crippen LogP contribution >= 0.6 is 0 Å². The van der Waals surface area contributed by atoms with Gasteiger partial charge in [-0.1, -0.05) is 44.2 Å². The lowest BCUT2D eigenvalue weighted by atomic mass is 9.76. The van der Waals surface area contributed by atoms with E-state index in [1.54, 1.807) is 0 Å². The summed E-state index contributed by atoms with van der Waals surface area (Å²) in [5.41, 5.74) is 6.41. The van der Waals surface area contributed by atoms with E-state index in [1.807, 2.05) is 30.3 Å². The van der Waals surface area contributed by atoms with Gasteiger partial charge in [0.05, 0.1) is 0 Å². The molecule has 26 heavy (non-hydrogen) atoms. The van der Waals surface area contributed by atoms with Crippen LogP contribution in [0.2, 0.25) is 0 Å². The second-order valence-electron chi connectivity index (χ2n) is 7.56. The van der Waals surface area contributed by atoms with Crippen molar-refractivity contribution in [3.63, 3.8) is 0 Å². The molecule has 0 aliphatic heterocycles. The molecular formula is C21H32N2O3. The van der Waals surface area contributed by atoms with E-state index in [0.29, 0.717) is 18.3 Å². The number of carbonyl (C=O) groups excluding carboxylic acids is 2. The minimum atomic E-state index is -0.667. The summed E-state index contributed by atoms with van der Waals surface area (Å²) in [6.07, 6.45) is 4.37. The van der Waals surface area contributed by atoms with Crippen molar-refractivity contribution in [1.29, 1.82) is 0 Å². The maximum Gasteiger partial charge on any atom is 0.329 e. The number of benzene rings is 1. The molecule has 0 unspecified atom stereocenters. The number of amides is 1. The van der Waals surface area contributed by atoms with Gasteiger partial charge in [-0.3, -0.25) is 4.79 Å². The van der Waals surface area contributed by atoms with Gasteiger partial charge in [0.2, 0.25) is 5.91 Å². The Morgan fingerprint density at radius 3 is 2.38 bits per heavy atom. The second-order valence-corrected chi connectivity index (χ2v) is 7.56. The molecule has 144 valence electrons. The number of nitrogens with two attached hydrogens (primary N) is 1. The number of carbonyl (C=O) groups is 2. The molecular weight excluding hydrogens is 328 g/mol. The molecule has 5 heteroatoms. The summed E-state index contributed by atoms with van der Waals surface area (Å²) in [6, 6.07) is 9.00. The smallest absolute Gasteiger partial charge is 0.329 e. The van der Waals surface area contributed by atoms with Crippen molar-refractivity contribution in [3.8, 4) is 0 Å². The summed E-state index contributed by atoms with van der Waals surface area (Å²) < 4.78 is 5.18. The quantitative estimate of drug-likeness (QED) is 0.699. The van der Waals surface area contributed by atoms with E-state index in [4.69, 9.17) is 10.5 Å². The van der Waals surface area contributed by atoms with Crippen LogP contribution in [0.1, 0.15) is 45.1 Å². The summed E-state index contributed by atoms with van der Waals surface area (Å²) in [5.74, 6) is 0.914. The Bertz CT molecular complexity index is 566. The highest BCUT2D eigenvalue weighted by molar-refractivity contribution is 5.86. The van der Waals surface area contributed by atoms with Gasteiger partial charge in [0.25, 0.3) is 0 Å². The van der Waals surface area contributed by atoms with Gasteiger partial charge in [-0.2, -0.15) is 0 Å². The maximum atomic E-state index is 12.7. The average Bonchev–Trinajstić information content (AvgIpc) is 2.66. The van der Waals surface area contributed by atoms with Crippen LogP contribution in [0, 0.1) is 17.8 Å². The van der Waals surface area contributed by atoms with Gasteiger partial charge in [0.15, 0.2) is 0 Å². The first-order valence-electron chi connectivity index (χ1n) is 9.72. The fraction of sp³-hybridized carbons (Fsp3) is 0.619. The Balaban J connectivity index is 1.96. The van der Waals surface area contributed by atoms with E-state index in [1.165, 1.54) is 0 Å². The molecule has 1 aromatic rings. The highest BCUT2D eigenvalue weighted by Crippen LogP contribution is 2.33. The number of hydrogen-bond donors (Lipinski definition) is 2. The van der Waals surface area contributed by atoms with Crippen molar-refractivity contribution in [1.82, 2.24) is 5.32 Å². The zero-order valence-electron chi connectivity index (χ0n) is 15.9. The van der Waals surface area contributed by atoms with Gasteiger partial charge < -0.3 is 15.8 Å². The lowest BCUT2D eigenvalue weighted by Gasteiger charge is -2.31. The fourth-order valence-corrected chi connectivity index (χ4v) is 3.64. The van der Waals surface area contributed by atoms with E-state index in [2.05, 4.69) is 19.2 Å². The number of nitrogens with one attached hydrogen (secondary N) is 1. The van der Waals surface area contributed by atoms with Crippen molar-refractivity contribution in [2.24, 2.45) is 23.5 Å². The van der Waals surface area contributed by atoms with Crippen LogP contribution in [0.4, 0.5) is 0 Å². The van der Waals surface area contributed by atoms with E-state index >= 15 is 0 Å². The molecule has 0 spiro atoms. The molecule has 5 nitrogen and oxygen atoms in total. The third-order valence-corrected chi connectivity index (χ3v) is 5.33. The van der Waals surface area contributed by atoms with E-state index in [0.717, 1.165) is 31.2 Å². The predicted molar refractivity (Wildman–Crippen MR) is 102 cm³/mol. The monoisotopic (exact) mass is 360 g/mol. The molecule has 0 radical (unpaired) electrons. The van der Waals surface area contributed by atoms with Gasteiger partial charge in [-0.25, -0.2) is 4.79 Å². The van der Waals surface area contributed by atoms with Crippen LogP contribution < -0.4 is 11.1 Å². The molecule has 0 heterocycles. The molecule has 0 bridgehead atoms. The van der Waals surface area contributed by atoms with Crippen molar-refractivity contribution in [2.75, 3.05) is 13.2 Å². The first-order valence-corrected chi connectivity index (χ1v) is 9.72. The van der Waals surface area contributed by atoms with E-state index in [9.17, 15) is 9.59 Å². The average molecular weight is 360 g/mol. The largest absolute Gasteiger partial charge is 0.463 e. The molecule has 1 aromatic carbocycles. The van der Waals surface area contributed by atoms with Gasteiger partial charge >= 0.3 is 5.97 Å². The molecule has 0 aromatic heterocycles. The summed E-state index contributed by atoms with van der Waals surface area (Å²) >= 11 is 0. The van der Waals surface area contributed by atoms with Gasteiger partial charge in [0, 0.05) is 18.9 Å². The van der Waals surface area contributed by atoms with Crippen molar-refractivity contribution >= 4 is 11.9 Å². The Morgan fingerprint density at radius 1 is 1.15 bits per heavy atom. The first kappa shape index (κ1) is 20.4. The molecule has 1 saturated carbocycles. The van der Waals surface area contributed by atoms with Crippen molar-refractivity contribution in [2.45, 2.75) is 52.0 Å². The Hall–Kier alpha value is -1.88. The topological polar surface area (TPSA) is 81.4 Å². The first-order chi connectivity index (χ1) is 12.5. The molecule has 1 atom stereocenters. The molecule has 1 aliphatic rings. The molecule has 1 fully saturated rings. The highest BCUT2D eigenvalue weighted by atomic mass is 16.5. The highest BCUT2D eigenvalue weighted by Gasteiger charge is 2.30. The van der Waals surface area contributed by atoms with E-state index in [-0.39, 0.29) is 25.0 Å². The van der Waals surface area contributed by atoms with Gasteiger partial charge in [-0.15, -0.1) is 0 Å². The predicted octanol–water partition coefficient (Wildman–Crippen LogP) is 2.68. The normalized spacial score (nSPS) is 21.2. The summed E-state index contributed by atoms with van der Waals surface area (Å²) in [5, 5.41) is 2.93. The van der Waals surface area contributed by atoms with Gasteiger partial charge in [-0.05, 0) is 43.1 Å². The third-order valence-electron chi connectivity index (χ3n) is 5.33. The Morgan fingerprint density at radius 2 is 1.81 bits per heavy atom. The molecule has 1 amide bonds. The number of rotatable bonds is 8. The van der Waals surface area contributed by atoms with Crippen LogP contribution in [0.25, 0.3) is 0 Å². The Kier molecular flexibility index (Phi) is 8.10. The lowest BCUT2D eigenvalue weighted by Crippen LogP contribution is -2.46. The SMILES string of the molecule is CC(C)C1CCC(C(=O)N[C@H](Cc2ccccc2)C(=O)OCCN)CC1. The number of hydrogen-bond acceptors (Lipinski definition) is 4. The molecule has 1 aliphatic carbocycles. The minimum Gasteiger partial charge on any atom is -0.463 e. The zero-order chi connectivity index (χ0) is 18.9. The van der Waals surface area contributed by atoms with Crippen LogP contribution in [-0.2, 0) is 20.7 Å². The molecule has 2 rings (SSSR count).